The molecule has 1 heteroatoms. The smallest absolute Gasteiger partial charge is 0.125 e. The van der Waals surface area contributed by atoms with Gasteiger partial charge >= 0.3 is 0 Å². The lowest BCUT2D eigenvalue weighted by molar-refractivity contribution is -0.116. The summed E-state index contributed by atoms with van der Waals surface area (Å²) in [6, 6.07) is 0. The molecule has 0 heterocycles. The molecule has 0 bridgehead atoms. The van der Waals surface area contributed by atoms with Gasteiger partial charge in [-0.15, -0.1) is 0 Å². The largest absolute Gasteiger partial charge is 0.303 e. The van der Waals surface area contributed by atoms with E-state index in [1.807, 2.05) is 0 Å². The van der Waals surface area contributed by atoms with Crippen LogP contribution in [0, 0.1) is 5.41 Å². The molecule has 0 saturated heterocycles. The second-order valence-corrected chi connectivity index (χ2v) is 4.29. The molecule has 0 N–H and O–H groups in total. The Balaban J connectivity index is 3.44. The van der Waals surface area contributed by atoms with Gasteiger partial charge < -0.3 is 4.79 Å². The first kappa shape index (κ1) is 12.7. The van der Waals surface area contributed by atoms with Gasteiger partial charge in [0.2, 0.25) is 0 Å². The maximum atomic E-state index is 10.8. The molecule has 0 aliphatic rings. The average Bonchev–Trinajstić information content (AvgIpc) is 2.17. The molecule has 1 atom stereocenters. The summed E-state index contributed by atoms with van der Waals surface area (Å²) in [5, 5.41) is 0. The van der Waals surface area contributed by atoms with Crippen molar-refractivity contribution in [3.8, 4) is 0 Å². The summed E-state index contributed by atoms with van der Waals surface area (Å²) in [6.07, 6.45) is 9.63. The molecule has 0 aliphatic carbocycles. The SMILES string of the molecule is CCCCCCCC(C)(C=O)CC. The minimum atomic E-state index is -0.0494. The highest BCUT2D eigenvalue weighted by molar-refractivity contribution is 5.58. The van der Waals surface area contributed by atoms with Gasteiger partial charge in [0.05, 0.1) is 0 Å². The maximum Gasteiger partial charge on any atom is 0.125 e. The highest BCUT2D eigenvalue weighted by Gasteiger charge is 2.19. The van der Waals surface area contributed by atoms with Gasteiger partial charge in [0.15, 0.2) is 0 Å². The minimum Gasteiger partial charge on any atom is -0.303 e. The summed E-state index contributed by atoms with van der Waals surface area (Å²) in [6.45, 7) is 6.39. The lowest BCUT2D eigenvalue weighted by Gasteiger charge is -2.20. The summed E-state index contributed by atoms with van der Waals surface area (Å²) in [5.41, 5.74) is -0.0494. The first-order chi connectivity index (χ1) is 6.18. The van der Waals surface area contributed by atoms with E-state index in [9.17, 15) is 4.79 Å². The van der Waals surface area contributed by atoms with Crippen LogP contribution in [-0.4, -0.2) is 6.29 Å². The Morgan fingerprint density at radius 1 is 1.08 bits per heavy atom. The molecule has 0 saturated carbocycles. The Bertz CT molecular complexity index is 131. The lowest BCUT2D eigenvalue weighted by Crippen LogP contribution is -2.16. The fraction of sp³-hybridized carbons (Fsp3) is 0.917. The molecule has 0 aromatic heterocycles. The van der Waals surface area contributed by atoms with Gasteiger partial charge in [0, 0.05) is 5.41 Å². The third-order valence-corrected chi connectivity index (χ3v) is 2.94. The van der Waals surface area contributed by atoms with Crippen molar-refractivity contribution in [2.24, 2.45) is 5.41 Å². The highest BCUT2D eigenvalue weighted by Crippen LogP contribution is 2.25. The molecule has 0 rings (SSSR count). The number of carbonyl (C=O) groups is 1. The van der Waals surface area contributed by atoms with Crippen LogP contribution < -0.4 is 0 Å². The first-order valence-corrected chi connectivity index (χ1v) is 5.65. The fourth-order valence-corrected chi connectivity index (χ4v) is 1.45. The molecule has 0 fully saturated rings. The third-order valence-electron chi connectivity index (χ3n) is 2.94. The van der Waals surface area contributed by atoms with Crippen LogP contribution in [0.3, 0.4) is 0 Å². The molecule has 13 heavy (non-hydrogen) atoms. The number of rotatable bonds is 8. The monoisotopic (exact) mass is 184 g/mol. The molecular weight excluding hydrogens is 160 g/mol. The quantitative estimate of drug-likeness (QED) is 0.412. The lowest BCUT2D eigenvalue weighted by atomic mass is 9.84. The first-order valence-electron chi connectivity index (χ1n) is 5.65. The molecule has 1 nitrogen and oxygen atoms in total. The standard InChI is InChI=1S/C12H24O/c1-4-6-7-8-9-10-12(3,5-2)11-13/h11H,4-10H2,1-3H3. The average molecular weight is 184 g/mol. The molecule has 0 radical (unpaired) electrons. The van der Waals surface area contributed by atoms with Crippen LogP contribution in [0.4, 0.5) is 0 Å². The predicted molar refractivity (Wildman–Crippen MR) is 57.8 cm³/mol. The Kier molecular flexibility index (Phi) is 6.93. The van der Waals surface area contributed by atoms with E-state index < -0.39 is 0 Å². The van der Waals surface area contributed by atoms with Crippen LogP contribution >= 0.6 is 0 Å². The van der Waals surface area contributed by atoms with Crippen molar-refractivity contribution in [2.45, 2.75) is 65.7 Å². The van der Waals surface area contributed by atoms with Gasteiger partial charge in [-0.1, -0.05) is 52.9 Å². The number of carbonyl (C=O) groups excluding carboxylic acids is 1. The summed E-state index contributed by atoms with van der Waals surface area (Å²) in [7, 11) is 0. The second kappa shape index (κ2) is 7.11. The molecule has 0 aliphatic heterocycles. The number of aldehydes is 1. The Morgan fingerprint density at radius 2 is 1.69 bits per heavy atom. The topological polar surface area (TPSA) is 17.1 Å². The zero-order chi connectivity index (χ0) is 10.2. The van der Waals surface area contributed by atoms with Crippen molar-refractivity contribution in [1.82, 2.24) is 0 Å². The van der Waals surface area contributed by atoms with Crippen LogP contribution in [0.25, 0.3) is 0 Å². The van der Waals surface area contributed by atoms with E-state index in [0.717, 1.165) is 19.1 Å². The third kappa shape index (κ3) is 5.84. The van der Waals surface area contributed by atoms with Crippen molar-refractivity contribution in [1.29, 1.82) is 0 Å². The van der Waals surface area contributed by atoms with Crippen molar-refractivity contribution in [3.63, 3.8) is 0 Å². The summed E-state index contributed by atoms with van der Waals surface area (Å²) >= 11 is 0. The highest BCUT2D eigenvalue weighted by atomic mass is 16.1. The van der Waals surface area contributed by atoms with E-state index in [2.05, 4.69) is 20.8 Å². The zero-order valence-corrected chi connectivity index (χ0v) is 9.44. The molecule has 1 unspecified atom stereocenters. The van der Waals surface area contributed by atoms with Crippen molar-refractivity contribution < 1.29 is 4.79 Å². The molecule has 78 valence electrons. The van der Waals surface area contributed by atoms with Crippen molar-refractivity contribution >= 4 is 6.29 Å². The molecular formula is C12H24O. The van der Waals surface area contributed by atoms with Gasteiger partial charge in [0.1, 0.15) is 6.29 Å². The Hall–Kier alpha value is -0.330. The maximum absolute atomic E-state index is 10.8. The normalized spacial score (nSPS) is 15.3. The van der Waals surface area contributed by atoms with Gasteiger partial charge in [-0.3, -0.25) is 0 Å². The second-order valence-electron chi connectivity index (χ2n) is 4.29. The fourth-order valence-electron chi connectivity index (χ4n) is 1.45. The van der Waals surface area contributed by atoms with E-state index in [4.69, 9.17) is 0 Å². The van der Waals surface area contributed by atoms with Gasteiger partial charge in [0.25, 0.3) is 0 Å². The summed E-state index contributed by atoms with van der Waals surface area (Å²) in [4.78, 5) is 10.8. The van der Waals surface area contributed by atoms with E-state index in [0.29, 0.717) is 0 Å². The van der Waals surface area contributed by atoms with Crippen LogP contribution in [0.5, 0.6) is 0 Å². The number of hydrogen-bond acceptors (Lipinski definition) is 1. The van der Waals surface area contributed by atoms with Gasteiger partial charge in [-0.2, -0.15) is 0 Å². The van der Waals surface area contributed by atoms with Crippen LogP contribution in [0.15, 0.2) is 0 Å². The minimum absolute atomic E-state index is 0.0494. The summed E-state index contributed by atoms with van der Waals surface area (Å²) in [5.74, 6) is 0. The van der Waals surface area contributed by atoms with Crippen molar-refractivity contribution in [3.05, 3.63) is 0 Å². The van der Waals surface area contributed by atoms with Gasteiger partial charge in [-0.05, 0) is 12.8 Å². The summed E-state index contributed by atoms with van der Waals surface area (Å²) < 4.78 is 0. The number of unbranched alkanes of at least 4 members (excludes halogenated alkanes) is 4. The molecule has 0 aromatic rings. The van der Waals surface area contributed by atoms with E-state index in [1.54, 1.807) is 0 Å². The molecule has 0 aromatic carbocycles. The van der Waals surface area contributed by atoms with Crippen LogP contribution in [-0.2, 0) is 4.79 Å². The zero-order valence-electron chi connectivity index (χ0n) is 9.44. The van der Waals surface area contributed by atoms with E-state index in [1.165, 1.54) is 32.1 Å². The molecule has 0 spiro atoms. The van der Waals surface area contributed by atoms with Crippen LogP contribution in [0.1, 0.15) is 65.7 Å². The van der Waals surface area contributed by atoms with E-state index in [-0.39, 0.29) is 5.41 Å². The molecule has 0 amide bonds. The van der Waals surface area contributed by atoms with E-state index >= 15 is 0 Å². The number of hydrogen-bond donors (Lipinski definition) is 0. The predicted octanol–water partition coefficient (Wildman–Crippen LogP) is 3.96. The van der Waals surface area contributed by atoms with Crippen LogP contribution in [0.2, 0.25) is 0 Å². The Labute approximate surface area is 82.9 Å². The Morgan fingerprint density at radius 3 is 2.15 bits per heavy atom. The van der Waals surface area contributed by atoms with Crippen molar-refractivity contribution in [2.75, 3.05) is 0 Å². The van der Waals surface area contributed by atoms with Gasteiger partial charge in [-0.25, -0.2) is 0 Å².